The Hall–Kier alpha value is -5.12. The van der Waals surface area contributed by atoms with Crippen LogP contribution in [0.3, 0.4) is 0 Å². The lowest BCUT2D eigenvalue weighted by molar-refractivity contribution is 0.592. The molecule has 8 aromatic rings. The van der Waals surface area contributed by atoms with Gasteiger partial charge in [-0.05, 0) is 35.7 Å². The fraction of sp³-hybridized carbons (Fsp3) is 0. The molecule has 41 heavy (non-hydrogen) atoms. The van der Waals surface area contributed by atoms with Crippen LogP contribution in [0.25, 0.3) is 49.7 Å². The number of aromatic nitrogens is 4. The molecule has 0 fully saturated rings. The Morgan fingerprint density at radius 3 is 1.85 bits per heavy atom. The summed E-state index contributed by atoms with van der Waals surface area (Å²) in [5, 5.41) is 5.42. The van der Waals surface area contributed by atoms with Crippen LogP contribution in [0.1, 0.15) is 0 Å². The third-order valence-electron chi connectivity index (χ3n) is 7.76. The topological polar surface area (TPSA) is 60.2 Å². The van der Waals surface area contributed by atoms with Gasteiger partial charge in [-0.25, -0.2) is 15.0 Å². The van der Waals surface area contributed by atoms with E-state index >= 15 is 0 Å². The van der Waals surface area contributed by atoms with Gasteiger partial charge < -0.3 is 4.57 Å². The van der Waals surface area contributed by atoms with Gasteiger partial charge in [0.15, 0.2) is 13.0 Å². The van der Waals surface area contributed by atoms with E-state index in [0.717, 1.165) is 54.5 Å². The summed E-state index contributed by atoms with van der Waals surface area (Å²) in [6.45, 7) is 0. The number of nitrogens with zero attached hydrogens (tertiary/aromatic N) is 4. The van der Waals surface area contributed by atoms with E-state index in [9.17, 15) is 4.57 Å². The van der Waals surface area contributed by atoms with Gasteiger partial charge in [-0.1, -0.05) is 97.1 Å². The zero-order valence-corrected chi connectivity index (χ0v) is 22.8. The number of fused-ring (bicyclic) bond motifs is 8. The summed E-state index contributed by atoms with van der Waals surface area (Å²) in [5.41, 5.74) is 4.97. The summed E-state index contributed by atoms with van der Waals surface area (Å²) >= 11 is 0. The summed E-state index contributed by atoms with van der Waals surface area (Å²) in [7, 11) is -3.14. The van der Waals surface area contributed by atoms with E-state index in [1.807, 2.05) is 78.9 Å². The van der Waals surface area contributed by atoms with Crippen molar-refractivity contribution in [2.24, 2.45) is 0 Å². The van der Waals surface area contributed by atoms with Crippen LogP contribution in [0, 0.1) is 0 Å². The van der Waals surface area contributed by atoms with Gasteiger partial charge in [-0.15, -0.1) is 0 Å². The summed E-state index contributed by atoms with van der Waals surface area (Å²) < 4.78 is 16.9. The van der Waals surface area contributed by atoms with Crippen molar-refractivity contribution in [3.63, 3.8) is 0 Å². The SMILES string of the molecule is O=P(c1ccccc1)(c1ccccc1)c1cnc(-c2ccc3c(c2)c2ccccc2n2c4ccccc4nc32)nc1. The van der Waals surface area contributed by atoms with Crippen LogP contribution < -0.4 is 15.9 Å². The quantitative estimate of drug-likeness (QED) is 0.178. The number of hydrogen-bond acceptors (Lipinski definition) is 4. The van der Waals surface area contributed by atoms with E-state index in [1.165, 1.54) is 0 Å². The minimum Gasteiger partial charge on any atom is -0.309 e. The highest BCUT2D eigenvalue weighted by Gasteiger charge is 2.30. The van der Waals surface area contributed by atoms with Gasteiger partial charge in [0.1, 0.15) is 5.65 Å². The highest BCUT2D eigenvalue weighted by molar-refractivity contribution is 7.85. The molecule has 0 aliphatic heterocycles. The maximum Gasteiger partial charge on any atom is 0.174 e. The van der Waals surface area contributed by atoms with Gasteiger partial charge in [0.05, 0.1) is 21.9 Å². The van der Waals surface area contributed by atoms with Crippen molar-refractivity contribution in [3.8, 4) is 11.4 Å². The first-order valence-corrected chi connectivity index (χ1v) is 15.2. The molecule has 0 aliphatic carbocycles. The number of pyridine rings is 1. The minimum atomic E-state index is -3.14. The van der Waals surface area contributed by atoms with E-state index < -0.39 is 7.14 Å². The Bertz CT molecular complexity index is 2230. The van der Waals surface area contributed by atoms with Gasteiger partial charge in [0.2, 0.25) is 0 Å². The lowest BCUT2D eigenvalue weighted by Crippen LogP contribution is -2.25. The average Bonchev–Trinajstić information content (AvgIpc) is 3.45. The third kappa shape index (κ3) is 3.63. The van der Waals surface area contributed by atoms with Crippen LogP contribution in [-0.4, -0.2) is 19.4 Å². The third-order valence-corrected chi connectivity index (χ3v) is 10.8. The monoisotopic (exact) mass is 546 g/mol. The first-order chi connectivity index (χ1) is 20.2. The molecule has 0 saturated carbocycles. The number of para-hydroxylation sites is 3. The first-order valence-electron chi connectivity index (χ1n) is 13.5. The fourth-order valence-corrected chi connectivity index (χ4v) is 8.32. The summed E-state index contributed by atoms with van der Waals surface area (Å²) in [5.74, 6) is 0.584. The van der Waals surface area contributed by atoms with Crippen LogP contribution >= 0.6 is 7.14 Å². The van der Waals surface area contributed by atoms with Gasteiger partial charge in [-0.3, -0.25) is 4.40 Å². The number of imidazole rings is 1. The van der Waals surface area contributed by atoms with E-state index in [-0.39, 0.29) is 0 Å². The lowest BCUT2D eigenvalue weighted by atomic mass is 10.0. The Labute approximate surface area is 236 Å². The number of hydrogen-bond donors (Lipinski definition) is 0. The van der Waals surface area contributed by atoms with Crippen molar-refractivity contribution < 1.29 is 4.57 Å². The van der Waals surface area contributed by atoms with Crippen molar-refractivity contribution >= 4 is 61.4 Å². The molecule has 0 spiro atoms. The molecule has 0 aliphatic rings. The second-order valence-electron chi connectivity index (χ2n) is 10.1. The Morgan fingerprint density at radius 2 is 1.15 bits per heavy atom. The first kappa shape index (κ1) is 23.7. The molecule has 0 amide bonds. The number of benzene rings is 5. The highest BCUT2D eigenvalue weighted by Crippen LogP contribution is 2.42. The minimum absolute atomic E-state index is 0.584. The second-order valence-corrected chi connectivity index (χ2v) is 12.9. The predicted molar refractivity (Wildman–Crippen MR) is 168 cm³/mol. The molecule has 5 nitrogen and oxygen atoms in total. The molecule has 8 rings (SSSR count). The lowest BCUT2D eigenvalue weighted by Gasteiger charge is -2.19. The zero-order chi connectivity index (χ0) is 27.4. The van der Waals surface area contributed by atoms with Gasteiger partial charge in [0, 0.05) is 39.3 Å². The molecular formula is C35H23N4OP. The molecule has 3 aromatic heterocycles. The largest absolute Gasteiger partial charge is 0.309 e. The summed E-state index contributed by atoms with van der Waals surface area (Å²) in [4.78, 5) is 14.5. The smallest absolute Gasteiger partial charge is 0.174 e. The van der Waals surface area contributed by atoms with E-state index in [1.54, 1.807) is 12.4 Å². The van der Waals surface area contributed by atoms with Gasteiger partial charge in [0.25, 0.3) is 0 Å². The van der Waals surface area contributed by atoms with Gasteiger partial charge in [-0.2, -0.15) is 0 Å². The van der Waals surface area contributed by atoms with Gasteiger partial charge >= 0.3 is 0 Å². The maximum atomic E-state index is 14.7. The highest BCUT2D eigenvalue weighted by atomic mass is 31.2. The average molecular weight is 547 g/mol. The molecule has 0 saturated heterocycles. The maximum absolute atomic E-state index is 14.7. The summed E-state index contributed by atoms with van der Waals surface area (Å²) in [6, 6.07) is 42.1. The van der Waals surface area contributed by atoms with Crippen molar-refractivity contribution in [1.82, 2.24) is 19.4 Å². The van der Waals surface area contributed by atoms with Crippen LogP contribution in [0.5, 0.6) is 0 Å². The fourth-order valence-electron chi connectivity index (χ4n) is 5.80. The van der Waals surface area contributed by atoms with E-state index in [2.05, 4.69) is 52.9 Å². The number of rotatable bonds is 4. The normalized spacial score (nSPS) is 12.0. The van der Waals surface area contributed by atoms with E-state index in [4.69, 9.17) is 15.0 Å². The molecule has 0 atom stereocenters. The molecular weight excluding hydrogens is 523 g/mol. The molecule has 3 heterocycles. The van der Waals surface area contributed by atoms with Crippen molar-refractivity contribution in [2.45, 2.75) is 0 Å². The predicted octanol–water partition coefficient (Wildman–Crippen LogP) is 6.89. The Balaban J connectivity index is 1.30. The van der Waals surface area contributed by atoms with Crippen LogP contribution in [-0.2, 0) is 4.57 Å². The van der Waals surface area contributed by atoms with Crippen molar-refractivity contribution in [2.75, 3.05) is 0 Å². The molecule has 194 valence electrons. The summed E-state index contributed by atoms with van der Waals surface area (Å²) in [6.07, 6.45) is 3.44. The Kier molecular flexibility index (Phi) is 5.34. The standard InChI is InChI=1S/C35H23N4OP/c40-41(25-11-3-1-4-12-25,26-13-5-2-6-14-26)27-22-36-34(37-23-27)24-19-20-29-30(21-24)28-15-7-9-17-32(28)39-33-18-10-8-16-31(33)38-35(29)39/h1-23H. The molecule has 0 N–H and O–H groups in total. The van der Waals surface area contributed by atoms with Crippen LogP contribution in [0.2, 0.25) is 0 Å². The molecule has 0 radical (unpaired) electrons. The molecule has 0 unspecified atom stereocenters. The van der Waals surface area contributed by atoms with Crippen molar-refractivity contribution in [3.05, 3.63) is 140 Å². The van der Waals surface area contributed by atoms with Crippen LogP contribution in [0.15, 0.2) is 140 Å². The molecule has 0 bridgehead atoms. The Morgan fingerprint density at radius 1 is 0.537 bits per heavy atom. The zero-order valence-electron chi connectivity index (χ0n) is 21.9. The van der Waals surface area contributed by atoms with E-state index in [0.29, 0.717) is 11.1 Å². The molecule has 6 heteroatoms. The molecule has 5 aromatic carbocycles. The second kappa shape index (κ2) is 9.22. The van der Waals surface area contributed by atoms with Crippen LogP contribution in [0.4, 0.5) is 0 Å². The van der Waals surface area contributed by atoms with Crippen molar-refractivity contribution in [1.29, 1.82) is 0 Å².